The van der Waals surface area contributed by atoms with Crippen molar-refractivity contribution in [1.82, 2.24) is 5.32 Å². The number of allylic oxidation sites excluding steroid dienone is 1. The SMILES string of the molecule is CN(C)c1cc(/C=C/C(=O)c2ccccc2)ccc1N1CCNCC1. The van der Waals surface area contributed by atoms with E-state index in [-0.39, 0.29) is 5.78 Å². The van der Waals surface area contributed by atoms with E-state index in [1.807, 2.05) is 36.4 Å². The molecular weight excluding hydrogens is 310 g/mol. The normalized spacial score (nSPS) is 14.7. The topological polar surface area (TPSA) is 35.6 Å². The lowest BCUT2D eigenvalue weighted by Gasteiger charge is -2.32. The molecule has 0 bridgehead atoms. The van der Waals surface area contributed by atoms with E-state index in [4.69, 9.17) is 0 Å². The molecular formula is C21H25N3O. The smallest absolute Gasteiger partial charge is 0.185 e. The van der Waals surface area contributed by atoms with E-state index in [1.54, 1.807) is 6.08 Å². The van der Waals surface area contributed by atoms with Crippen LogP contribution in [0.4, 0.5) is 11.4 Å². The molecule has 2 aromatic carbocycles. The van der Waals surface area contributed by atoms with Crippen LogP contribution in [0.25, 0.3) is 6.08 Å². The summed E-state index contributed by atoms with van der Waals surface area (Å²) in [6.45, 7) is 4.06. The summed E-state index contributed by atoms with van der Waals surface area (Å²) in [5, 5.41) is 3.39. The van der Waals surface area contributed by atoms with E-state index in [0.717, 1.165) is 31.7 Å². The van der Waals surface area contributed by atoms with Gasteiger partial charge in [0.05, 0.1) is 11.4 Å². The van der Waals surface area contributed by atoms with E-state index >= 15 is 0 Å². The van der Waals surface area contributed by atoms with Gasteiger partial charge >= 0.3 is 0 Å². The molecule has 1 fully saturated rings. The fraction of sp³-hybridized carbons (Fsp3) is 0.286. The molecule has 4 heteroatoms. The number of carbonyl (C=O) groups is 1. The van der Waals surface area contributed by atoms with Crippen LogP contribution in [0, 0.1) is 0 Å². The number of hydrogen-bond acceptors (Lipinski definition) is 4. The molecule has 0 atom stereocenters. The third-order valence-electron chi connectivity index (χ3n) is 4.42. The third-order valence-corrected chi connectivity index (χ3v) is 4.42. The largest absolute Gasteiger partial charge is 0.376 e. The molecule has 3 rings (SSSR count). The molecule has 1 aliphatic heterocycles. The van der Waals surface area contributed by atoms with E-state index < -0.39 is 0 Å². The maximum atomic E-state index is 12.2. The maximum absolute atomic E-state index is 12.2. The van der Waals surface area contributed by atoms with Gasteiger partial charge in [-0.15, -0.1) is 0 Å². The van der Waals surface area contributed by atoms with Gasteiger partial charge in [-0.2, -0.15) is 0 Å². The molecule has 0 aliphatic carbocycles. The number of ketones is 1. The highest BCUT2D eigenvalue weighted by atomic mass is 16.1. The lowest BCUT2D eigenvalue weighted by molar-refractivity contribution is 0.104. The Labute approximate surface area is 149 Å². The Morgan fingerprint density at radius 1 is 1.08 bits per heavy atom. The van der Waals surface area contributed by atoms with E-state index in [2.05, 4.69) is 47.4 Å². The molecule has 25 heavy (non-hydrogen) atoms. The molecule has 0 amide bonds. The molecule has 0 radical (unpaired) electrons. The van der Waals surface area contributed by atoms with Crippen LogP contribution >= 0.6 is 0 Å². The average molecular weight is 335 g/mol. The van der Waals surface area contributed by atoms with Crippen LogP contribution in [0.1, 0.15) is 15.9 Å². The summed E-state index contributed by atoms with van der Waals surface area (Å²) in [5.41, 5.74) is 4.17. The third kappa shape index (κ3) is 4.28. The maximum Gasteiger partial charge on any atom is 0.185 e. The Morgan fingerprint density at radius 2 is 1.80 bits per heavy atom. The van der Waals surface area contributed by atoms with Crippen molar-refractivity contribution in [1.29, 1.82) is 0 Å². The second-order valence-corrected chi connectivity index (χ2v) is 6.44. The van der Waals surface area contributed by atoms with Crippen molar-refractivity contribution < 1.29 is 4.79 Å². The van der Waals surface area contributed by atoms with Gasteiger partial charge in [-0.3, -0.25) is 4.79 Å². The highest BCUT2D eigenvalue weighted by molar-refractivity contribution is 6.06. The summed E-state index contributed by atoms with van der Waals surface area (Å²) in [4.78, 5) is 16.8. The van der Waals surface area contributed by atoms with Crippen molar-refractivity contribution in [2.75, 3.05) is 50.1 Å². The quantitative estimate of drug-likeness (QED) is 0.673. The highest BCUT2D eigenvalue weighted by Gasteiger charge is 2.15. The number of carbonyl (C=O) groups excluding carboxylic acids is 1. The van der Waals surface area contributed by atoms with Crippen LogP contribution in [0.5, 0.6) is 0 Å². The Bertz CT molecular complexity index is 747. The minimum atomic E-state index is 0.0261. The molecule has 0 unspecified atom stereocenters. The minimum Gasteiger partial charge on any atom is -0.376 e. The second kappa shape index (κ2) is 7.99. The molecule has 1 aliphatic rings. The summed E-state index contributed by atoms with van der Waals surface area (Å²) in [7, 11) is 4.12. The van der Waals surface area contributed by atoms with Gasteiger partial charge in [0.1, 0.15) is 0 Å². The van der Waals surface area contributed by atoms with Crippen molar-refractivity contribution >= 4 is 23.2 Å². The van der Waals surface area contributed by atoms with E-state index in [9.17, 15) is 4.79 Å². The monoisotopic (exact) mass is 335 g/mol. The first kappa shape index (κ1) is 17.2. The second-order valence-electron chi connectivity index (χ2n) is 6.44. The van der Waals surface area contributed by atoms with Gasteiger partial charge in [-0.1, -0.05) is 42.5 Å². The Morgan fingerprint density at radius 3 is 2.48 bits per heavy atom. The summed E-state index contributed by atoms with van der Waals surface area (Å²) in [5.74, 6) is 0.0261. The van der Waals surface area contributed by atoms with Crippen LogP contribution in [-0.4, -0.2) is 46.1 Å². The zero-order valence-corrected chi connectivity index (χ0v) is 14.9. The van der Waals surface area contributed by atoms with Gasteiger partial charge in [-0.05, 0) is 23.8 Å². The number of benzene rings is 2. The number of piperazine rings is 1. The molecule has 0 spiro atoms. The predicted octanol–water partition coefficient (Wildman–Crippen LogP) is 3.06. The van der Waals surface area contributed by atoms with Crippen LogP contribution in [0.3, 0.4) is 0 Å². The van der Waals surface area contributed by atoms with Gasteiger partial charge in [0.2, 0.25) is 0 Å². The fourth-order valence-electron chi connectivity index (χ4n) is 3.05. The first-order chi connectivity index (χ1) is 12.1. The molecule has 1 heterocycles. The molecule has 4 nitrogen and oxygen atoms in total. The number of nitrogens with zero attached hydrogens (tertiary/aromatic N) is 2. The molecule has 1 N–H and O–H groups in total. The standard InChI is InChI=1S/C21H25N3O/c1-23(2)20-16-17(8-10-19(20)24-14-12-22-13-15-24)9-11-21(25)18-6-4-3-5-7-18/h3-11,16,22H,12-15H2,1-2H3/b11-9+. The van der Waals surface area contributed by atoms with Gasteiger partial charge in [0.15, 0.2) is 5.78 Å². The minimum absolute atomic E-state index is 0.0261. The van der Waals surface area contributed by atoms with Crippen molar-refractivity contribution in [3.63, 3.8) is 0 Å². The molecule has 2 aromatic rings. The number of anilines is 2. The van der Waals surface area contributed by atoms with E-state index in [0.29, 0.717) is 5.56 Å². The Kier molecular flexibility index (Phi) is 5.51. The zero-order chi connectivity index (χ0) is 17.6. The van der Waals surface area contributed by atoms with Crippen molar-refractivity contribution in [2.24, 2.45) is 0 Å². The highest BCUT2D eigenvalue weighted by Crippen LogP contribution is 2.30. The van der Waals surface area contributed by atoms with Gasteiger partial charge in [0.25, 0.3) is 0 Å². The Balaban J connectivity index is 1.81. The number of hydrogen-bond donors (Lipinski definition) is 1. The first-order valence-corrected chi connectivity index (χ1v) is 8.69. The van der Waals surface area contributed by atoms with Crippen LogP contribution in [0.2, 0.25) is 0 Å². The molecule has 0 saturated carbocycles. The van der Waals surface area contributed by atoms with Crippen molar-refractivity contribution in [3.05, 3.63) is 65.7 Å². The molecule has 0 aromatic heterocycles. The van der Waals surface area contributed by atoms with Gasteiger partial charge < -0.3 is 15.1 Å². The average Bonchev–Trinajstić information content (AvgIpc) is 2.67. The lowest BCUT2D eigenvalue weighted by atomic mass is 10.1. The number of rotatable bonds is 5. The summed E-state index contributed by atoms with van der Waals surface area (Å²) < 4.78 is 0. The van der Waals surface area contributed by atoms with Crippen molar-refractivity contribution in [2.45, 2.75) is 0 Å². The zero-order valence-electron chi connectivity index (χ0n) is 14.9. The lowest BCUT2D eigenvalue weighted by Crippen LogP contribution is -2.44. The summed E-state index contributed by atoms with van der Waals surface area (Å²) in [6.07, 6.45) is 3.54. The van der Waals surface area contributed by atoms with Crippen molar-refractivity contribution in [3.8, 4) is 0 Å². The molecule has 130 valence electrons. The van der Waals surface area contributed by atoms with Crippen LogP contribution < -0.4 is 15.1 Å². The van der Waals surface area contributed by atoms with E-state index in [1.165, 1.54) is 11.4 Å². The Hall–Kier alpha value is -2.59. The van der Waals surface area contributed by atoms with Gasteiger partial charge in [0, 0.05) is 45.8 Å². The molecule has 1 saturated heterocycles. The number of nitrogens with one attached hydrogen (secondary N) is 1. The fourth-order valence-corrected chi connectivity index (χ4v) is 3.05. The summed E-state index contributed by atoms with van der Waals surface area (Å²) >= 11 is 0. The van der Waals surface area contributed by atoms with Crippen LogP contribution in [0.15, 0.2) is 54.6 Å². The summed E-state index contributed by atoms with van der Waals surface area (Å²) in [6, 6.07) is 15.7. The van der Waals surface area contributed by atoms with Crippen LogP contribution in [-0.2, 0) is 0 Å². The first-order valence-electron chi connectivity index (χ1n) is 8.69. The predicted molar refractivity (Wildman–Crippen MR) is 106 cm³/mol. The van der Waals surface area contributed by atoms with Gasteiger partial charge in [-0.25, -0.2) is 0 Å².